The number of nitrogens with zero attached hydrogens (tertiary/aromatic N) is 2. The minimum Gasteiger partial charge on any atom is -0.339 e. The van der Waals surface area contributed by atoms with Crippen LogP contribution in [0.1, 0.15) is 108 Å². The molecule has 202 valence electrons. The number of aryl methyl sites for hydroxylation is 1. The van der Waals surface area contributed by atoms with Crippen molar-refractivity contribution in [1.29, 1.82) is 0 Å². The first-order chi connectivity index (χ1) is 18.6. The van der Waals surface area contributed by atoms with Gasteiger partial charge < -0.3 is 9.84 Å². The first kappa shape index (κ1) is 28.0. The van der Waals surface area contributed by atoms with Gasteiger partial charge in [0.05, 0.1) is 0 Å². The van der Waals surface area contributed by atoms with Crippen LogP contribution in [0.15, 0.2) is 71.3 Å². The van der Waals surface area contributed by atoms with Crippen LogP contribution in [0.3, 0.4) is 0 Å². The number of aromatic nitrogens is 2. The van der Waals surface area contributed by atoms with Crippen molar-refractivity contribution in [3.8, 4) is 11.4 Å². The van der Waals surface area contributed by atoms with Crippen molar-refractivity contribution in [2.45, 2.75) is 103 Å². The van der Waals surface area contributed by atoms with Gasteiger partial charge in [-0.05, 0) is 60.4 Å². The maximum atomic E-state index is 5.35. The maximum Gasteiger partial charge on any atom is 0.226 e. The molecule has 5 rings (SSSR count). The number of hydrogen-bond donors (Lipinski definition) is 1. The highest BCUT2D eigenvalue weighted by molar-refractivity contribution is 5.86. The molecule has 4 heteroatoms. The summed E-state index contributed by atoms with van der Waals surface area (Å²) in [4.78, 5) is 4.52. The molecule has 2 unspecified atom stereocenters. The molecule has 1 N–H and O–H groups in total. The van der Waals surface area contributed by atoms with Crippen LogP contribution in [-0.4, -0.2) is 16.2 Å². The Kier molecular flexibility index (Phi) is 10.5. The van der Waals surface area contributed by atoms with E-state index in [0.29, 0.717) is 23.8 Å². The van der Waals surface area contributed by atoms with E-state index in [2.05, 4.69) is 110 Å². The highest BCUT2D eigenvalue weighted by Gasteiger charge is 2.25. The Morgan fingerprint density at radius 3 is 2.39 bits per heavy atom. The minimum atomic E-state index is 0.331. The van der Waals surface area contributed by atoms with Gasteiger partial charge in [0.25, 0.3) is 0 Å². The Bertz CT molecular complexity index is 1240. The number of hydrogen-bond acceptors (Lipinski definition) is 4. The minimum absolute atomic E-state index is 0.331. The van der Waals surface area contributed by atoms with E-state index in [0.717, 1.165) is 24.3 Å². The van der Waals surface area contributed by atoms with Gasteiger partial charge >= 0.3 is 0 Å². The van der Waals surface area contributed by atoms with Gasteiger partial charge in [-0.3, -0.25) is 0 Å². The topological polar surface area (TPSA) is 51.0 Å². The van der Waals surface area contributed by atoms with Crippen molar-refractivity contribution < 1.29 is 4.52 Å². The number of fused-ring (bicyclic) bond motifs is 1. The quantitative estimate of drug-likeness (QED) is 0.243. The fraction of sp³-hybridized carbons (Fsp3) is 0.471. The van der Waals surface area contributed by atoms with E-state index in [1.165, 1.54) is 66.8 Å². The van der Waals surface area contributed by atoms with Crippen LogP contribution in [0.2, 0.25) is 0 Å². The molecule has 1 aliphatic rings. The first-order valence-corrected chi connectivity index (χ1v) is 14.8. The molecule has 3 aromatic carbocycles. The van der Waals surface area contributed by atoms with Crippen LogP contribution in [0.25, 0.3) is 22.2 Å². The SMILES string of the molecule is CCCCC.CCCc1nc(-c2ccc([C@H]3CCCC(NC(C)c4cccc5ccccc45)C3)cc2)no1. The second-order valence-electron chi connectivity index (χ2n) is 10.8. The smallest absolute Gasteiger partial charge is 0.226 e. The summed E-state index contributed by atoms with van der Waals surface area (Å²) in [6, 6.07) is 25.0. The Balaban J connectivity index is 0.000000617. The van der Waals surface area contributed by atoms with E-state index in [-0.39, 0.29) is 0 Å². The predicted molar refractivity (Wildman–Crippen MR) is 159 cm³/mol. The van der Waals surface area contributed by atoms with Gasteiger partial charge in [0.15, 0.2) is 0 Å². The second kappa shape index (κ2) is 14.2. The van der Waals surface area contributed by atoms with Gasteiger partial charge in [0.1, 0.15) is 0 Å². The standard InChI is InChI=1S/C29H33N3O.C5H12/c1-3-8-28-31-29(32-33-28)23-17-15-21(16-18-23)24-11-6-12-25(19-24)30-20(2)26-14-7-10-22-9-4-5-13-27(22)26;1-3-5-4-2/h4-5,7,9-10,13-18,20,24-25,30H,3,6,8,11-12,19H2,1-2H3;3-5H2,1-2H3/t20?,24-,25?;/m0./s1. The average Bonchev–Trinajstić information content (AvgIpc) is 3.43. The van der Waals surface area contributed by atoms with E-state index in [1.807, 2.05) is 0 Å². The summed E-state index contributed by atoms with van der Waals surface area (Å²) in [6.45, 7) is 8.85. The van der Waals surface area contributed by atoms with E-state index in [1.54, 1.807) is 0 Å². The van der Waals surface area contributed by atoms with E-state index < -0.39 is 0 Å². The van der Waals surface area contributed by atoms with Crippen LogP contribution in [0.4, 0.5) is 0 Å². The molecule has 1 aromatic heterocycles. The van der Waals surface area contributed by atoms with Crippen molar-refractivity contribution >= 4 is 10.8 Å². The molecular weight excluding hydrogens is 466 g/mol. The lowest BCUT2D eigenvalue weighted by Crippen LogP contribution is -2.35. The van der Waals surface area contributed by atoms with Crippen molar-refractivity contribution in [2.24, 2.45) is 0 Å². The lowest BCUT2D eigenvalue weighted by Gasteiger charge is -2.32. The van der Waals surface area contributed by atoms with Crippen LogP contribution in [-0.2, 0) is 6.42 Å². The highest BCUT2D eigenvalue weighted by atomic mass is 16.5. The molecule has 1 fully saturated rings. The molecule has 1 aliphatic carbocycles. The molecule has 0 amide bonds. The Hall–Kier alpha value is -2.98. The lowest BCUT2D eigenvalue weighted by atomic mass is 9.80. The first-order valence-electron chi connectivity index (χ1n) is 14.8. The molecule has 0 aliphatic heterocycles. The van der Waals surface area contributed by atoms with Gasteiger partial charge in [-0.2, -0.15) is 4.98 Å². The molecular formula is C34H45N3O. The van der Waals surface area contributed by atoms with E-state index in [4.69, 9.17) is 4.52 Å². The summed E-state index contributed by atoms with van der Waals surface area (Å²) in [5.41, 5.74) is 3.84. The third-order valence-electron chi connectivity index (χ3n) is 7.73. The second-order valence-corrected chi connectivity index (χ2v) is 10.8. The summed E-state index contributed by atoms with van der Waals surface area (Å²) in [7, 11) is 0. The van der Waals surface area contributed by atoms with E-state index in [9.17, 15) is 0 Å². The number of unbranched alkanes of at least 4 members (excludes halogenated alkanes) is 2. The molecule has 0 bridgehead atoms. The predicted octanol–water partition coefficient (Wildman–Crippen LogP) is 9.42. The zero-order chi connectivity index (χ0) is 26.7. The van der Waals surface area contributed by atoms with Crippen molar-refractivity contribution in [1.82, 2.24) is 15.5 Å². The maximum absolute atomic E-state index is 5.35. The largest absolute Gasteiger partial charge is 0.339 e. The van der Waals surface area contributed by atoms with Crippen molar-refractivity contribution in [3.63, 3.8) is 0 Å². The molecule has 0 saturated heterocycles. The molecule has 3 atom stereocenters. The molecule has 0 spiro atoms. The third-order valence-corrected chi connectivity index (χ3v) is 7.73. The molecule has 1 heterocycles. The lowest BCUT2D eigenvalue weighted by molar-refractivity contribution is 0.319. The summed E-state index contributed by atoms with van der Waals surface area (Å²) in [5, 5.41) is 10.8. The number of benzene rings is 3. The van der Waals surface area contributed by atoms with E-state index >= 15 is 0 Å². The summed E-state index contributed by atoms with van der Waals surface area (Å²) >= 11 is 0. The molecule has 4 aromatic rings. The molecule has 38 heavy (non-hydrogen) atoms. The van der Waals surface area contributed by atoms with Gasteiger partial charge in [0.2, 0.25) is 11.7 Å². The summed E-state index contributed by atoms with van der Waals surface area (Å²) < 4.78 is 5.35. The molecule has 4 nitrogen and oxygen atoms in total. The fourth-order valence-electron chi connectivity index (χ4n) is 5.66. The van der Waals surface area contributed by atoms with Gasteiger partial charge in [-0.15, -0.1) is 0 Å². The zero-order valence-corrected chi connectivity index (χ0v) is 23.7. The fourth-order valence-corrected chi connectivity index (χ4v) is 5.66. The van der Waals surface area contributed by atoms with Gasteiger partial charge in [-0.25, -0.2) is 0 Å². The van der Waals surface area contributed by atoms with Crippen LogP contribution in [0.5, 0.6) is 0 Å². The van der Waals surface area contributed by atoms with Crippen molar-refractivity contribution in [3.05, 3.63) is 83.7 Å². The Labute approximate surface area is 229 Å². The zero-order valence-electron chi connectivity index (χ0n) is 23.7. The average molecular weight is 512 g/mol. The normalized spacial score (nSPS) is 18.1. The van der Waals surface area contributed by atoms with Crippen LogP contribution in [0, 0.1) is 0 Å². The highest BCUT2D eigenvalue weighted by Crippen LogP contribution is 2.35. The number of nitrogens with one attached hydrogen (secondary N) is 1. The third kappa shape index (κ3) is 7.32. The summed E-state index contributed by atoms with van der Waals surface area (Å²) in [5.74, 6) is 2.00. The Morgan fingerprint density at radius 1 is 0.895 bits per heavy atom. The Morgan fingerprint density at radius 2 is 1.66 bits per heavy atom. The van der Waals surface area contributed by atoms with Crippen LogP contribution < -0.4 is 5.32 Å². The monoisotopic (exact) mass is 511 g/mol. The molecule has 0 radical (unpaired) electrons. The number of rotatable bonds is 9. The summed E-state index contributed by atoms with van der Waals surface area (Å²) in [6.07, 6.45) is 10.9. The van der Waals surface area contributed by atoms with Crippen LogP contribution >= 0.6 is 0 Å². The van der Waals surface area contributed by atoms with Gasteiger partial charge in [0, 0.05) is 24.1 Å². The van der Waals surface area contributed by atoms with Crippen molar-refractivity contribution in [2.75, 3.05) is 0 Å². The molecule has 1 saturated carbocycles. The van der Waals surface area contributed by atoms with Gasteiger partial charge in [-0.1, -0.05) is 118 Å².